The van der Waals surface area contributed by atoms with E-state index in [0.29, 0.717) is 22.0 Å². The number of carbonyl (C=O) groups excluding carboxylic acids is 1. The summed E-state index contributed by atoms with van der Waals surface area (Å²) >= 11 is 5.82. The minimum Gasteiger partial charge on any atom is -0.398 e. The molecule has 0 heterocycles. The van der Waals surface area contributed by atoms with Crippen molar-refractivity contribution >= 4 is 28.8 Å². The molecule has 0 saturated heterocycles. The highest BCUT2D eigenvalue weighted by molar-refractivity contribution is 6.51. The van der Waals surface area contributed by atoms with Crippen LogP contribution >= 0.6 is 11.6 Å². The van der Waals surface area contributed by atoms with Crippen LogP contribution in [0, 0.1) is 0 Å². The smallest absolute Gasteiger partial charge is 0.213 e. The van der Waals surface area contributed by atoms with E-state index in [1.54, 1.807) is 19.1 Å². The number of benzene rings is 1. The predicted octanol–water partition coefficient (Wildman–Crippen LogP) is 4.29. The number of nitrogens with two attached hydrogens (primary N) is 1. The number of nitrogen functional groups attached to an aromatic ring is 1. The molecular weight excluding hydrogens is 260 g/mol. The van der Waals surface area contributed by atoms with E-state index in [0.717, 1.165) is 0 Å². The average molecular weight is 279 g/mol. The second-order valence-electron chi connectivity index (χ2n) is 3.50. The lowest BCUT2D eigenvalue weighted by atomic mass is 10.0. The summed E-state index contributed by atoms with van der Waals surface area (Å²) in [4.78, 5) is 16.1. The van der Waals surface area contributed by atoms with Gasteiger partial charge in [0, 0.05) is 22.0 Å². The van der Waals surface area contributed by atoms with Gasteiger partial charge in [0.15, 0.2) is 0 Å². The zero-order valence-electron chi connectivity index (χ0n) is 11.5. The molecule has 0 atom stereocenters. The quantitative estimate of drug-likeness (QED) is 0.507. The van der Waals surface area contributed by atoms with Gasteiger partial charge in [-0.2, -0.15) is 0 Å². The number of aliphatic imine (C=N–C) groups is 1. The summed E-state index contributed by atoms with van der Waals surface area (Å²) in [7, 11) is 0. The molecule has 0 aliphatic carbocycles. The van der Waals surface area contributed by atoms with Gasteiger partial charge in [-0.3, -0.25) is 9.79 Å². The number of Topliss-reactive ketones (excluding diaryl/α,β-unsaturated/α-hetero) is 1. The summed E-state index contributed by atoms with van der Waals surface area (Å²) in [5.41, 5.74) is 7.12. The van der Waals surface area contributed by atoms with Crippen molar-refractivity contribution in [2.45, 2.75) is 20.8 Å². The van der Waals surface area contributed by atoms with E-state index >= 15 is 0 Å². The predicted molar refractivity (Wildman–Crippen MR) is 84.0 cm³/mol. The minimum atomic E-state index is -0.317. The molecule has 102 valence electrons. The van der Waals surface area contributed by atoms with Crippen molar-refractivity contribution in [3.8, 4) is 0 Å². The van der Waals surface area contributed by atoms with Crippen molar-refractivity contribution in [2.24, 2.45) is 4.99 Å². The summed E-state index contributed by atoms with van der Waals surface area (Å²) in [6.45, 7) is 12.9. The largest absolute Gasteiger partial charge is 0.398 e. The van der Waals surface area contributed by atoms with Crippen molar-refractivity contribution in [2.75, 3.05) is 5.73 Å². The molecule has 2 N–H and O–H groups in total. The highest BCUT2D eigenvalue weighted by atomic mass is 35.5. The number of halogens is 1. The van der Waals surface area contributed by atoms with Crippen LogP contribution in [0.1, 0.15) is 31.1 Å². The topological polar surface area (TPSA) is 55.5 Å². The number of hydrogen-bond donors (Lipinski definition) is 1. The van der Waals surface area contributed by atoms with E-state index in [9.17, 15) is 4.79 Å². The SMILES string of the molecule is C=CC(=NC(=C)C)C(=O)c1cc(Cl)ccc1N.CC. The van der Waals surface area contributed by atoms with Gasteiger partial charge in [-0.25, -0.2) is 0 Å². The van der Waals surface area contributed by atoms with Crippen LogP contribution in [-0.2, 0) is 0 Å². The summed E-state index contributed by atoms with van der Waals surface area (Å²) in [6.07, 6.45) is 1.37. The maximum atomic E-state index is 12.1. The fraction of sp³-hybridized carbons (Fsp3) is 0.200. The molecule has 1 aromatic rings. The Morgan fingerprint density at radius 3 is 2.47 bits per heavy atom. The number of allylic oxidation sites excluding steroid dienone is 2. The van der Waals surface area contributed by atoms with Gasteiger partial charge in [0.05, 0.1) is 0 Å². The first-order valence-corrected chi connectivity index (χ1v) is 6.30. The lowest BCUT2D eigenvalue weighted by molar-refractivity contribution is 0.106. The first kappa shape index (κ1) is 17.1. The number of carbonyl (C=O) groups is 1. The number of nitrogens with zero attached hydrogens (tertiary/aromatic N) is 1. The van der Waals surface area contributed by atoms with Crippen LogP contribution in [-0.4, -0.2) is 11.5 Å². The first-order valence-electron chi connectivity index (χ1n) is 5.92. The van der Waals surface area contributed by atoms with Crippen molar-refractivity contribution in [1.82, 2.24) is 0 Å². The lowest BCUT2D eigenvalue weighted by Crippen LogP contribution is -2.14. The van der Waals surface area contributed by atoms with E-state index < -0.39 is 0 Å². The number of anilines is 1. The molecule has 1 rings (SSSR count). The van der Waals surface area contributed by atoms with Gasteiger partial charge in [0.1, 0.15) is 5.71 Å². The molecule has 0 aromatic heterocycles. The Bertz CT molecular complexity index is 519. The third kappa shape index (κ3) is 5.10. The van der Waals surface area contributed by atoms with E-state index in [1.807, 2.05) is 13.8 Å². The Balaban J connectivity index is 0.00000154. The van der Waals surface area contributed by atoms with E-state index in [2.05, 4.69) is 18.2 Å². The van der Waals surface area contributed by atoms with Gasteiger partial charge < -0.3 is 5.73 Å². The van der Waals surface area contributed by atoms with Gasteiger partial charge in [-0.1, -0.05) is 38.6 Å². The van der Waals surface area contributed by atoms with Gasteiger partial charge in [0.25, 0.3) is 0 Å². The fourth-order valence-corrected chi connectivity index (χ4v) is 1.43. The van der Waals surface area contributed by atoms with E-state index in [-0.39, 0.29) is 11.5 Å². The molecule has 0 fully saturated rings. The second kappa shape index (κ2) is 8.27. The first-order chi connectivity index (χ1) is 8.95. The molecule has 4 heteroatoms. The zero-order valence-corrected chi connectivity index (χ0v) is 12.3. The number of ketones is 1. The van der Waals surface area contributed by atoms with Gasteiger partial charge in [0.2, 0.25) is 5.78 Å². The molecule has 0 aliphatic rings. The summed E-state index contributed by atoms with van der Waals surface area (Å²) in [5.74, 6) is -0.317. The highest BCUT2D eigenvalue weighted by Crippen LogP contribution is 2.19. The average Bonchev–Trinajstić information content (AvgIpc) is 2.40. The third-order valence-electron chi connectivity index (χ3n) is 2.00. The molecule has 1 aromatic carbocycles. The standard InChI is InChI=1S/C13H13ClN2O.C2H6/c1-4-12(16-8(2)3)13(17)10-7-9(14)5-6-11(10)15;1-2/h4-7H,1-2,15H2,3H3;1-2H3. The maximum absolute atomic E-state index is 12.1. The zero-order chi connectivity index (χ0) is 15.0. The Kier molecular flexibility index (Phi) is 7.46. The van der Waals surface area contributed by atoms with Gasteiger partial charge in [-0.05, 0) is 31.2 Å². The second-order valence-corrected chi connectivity index (χ2v) is 3.93. The molecule has 0 bridgehead atoms. The molecule has 0 aliphatic heterocycles. The van der Waals surface area contributed by atoms with Gasteiger partial charge >= 0.3 is 0 Å². The van der Waals surface area contributed by atoms with Crippen molar-refractivity contribution < 1.29 is 4.79 Å². The van der Waals surface area contributed by atoms with E-state index in [1.165, 1.54) is 12.1 Å². The van der Waals surface area contributed by atoms with Crippen LogP contribution in [0.25, 0.3) is 0 Å². The van der Waals surface area contributed by atoms with Crippen molar-refractivity contribution in [3.05, 3.63) is 53.7 Å². The Labute approximate surface area is 119 Å². The van der Waals surface area contributed by atoms with E-state index in [4.69, 9.17) is 17.3 Å². The molecule has 0 unspecified atom stereocenters. The van der Waals surface area contributed by atoms with Gasteiger partial charge in [-0.15, -0.1) is 0 Å². The minimum absolute atomic E-state index is 0.200. The lowest BCUT2D eigenvalue weighted by Gasteiger charge is -2.05. The molecule has 0 saturated carbocycles. The number of hydrogen-bond acceptors (Lipinski definition) is 3. The maximum Gasteiger partial charge on any atom is 0.213 e. The van der Waals surface area contributed by atoms with Crippen LogP contribution in [0.5, 0.6) is 0 Å². The fourth-order valence-electron chi connectivity index (χ4n) is 1.26. The Morgan fingerprint density at radius 1 is 1.42 bits per heavy atom. The normalized spacial score (nSPS) is 10.2. The highest BCUT2D eigenvalue weighted by Gasteiger charge is 2.14. The molecule has 0 amide bonds. The van der Waals surface area contributed by atoms with Crippen molar-refractivity contribution in [3.63, 3.8) is 0 Å². The van der Waals surface area contributed by atoms with Crippen LogP contribution in [0.4, 0.5) is 5.69 Å². The molecule has 3 nitrogen and oxygen atoms in total. The Hall–Kier alpha value is -1.87. The van der Waals surface area contributed by atoms with Crippen LogP contribution in [0.3, 0.4) is 0 Å². The molecule has 0 radical (unpaired) electrons. The summed E-state index contributed by atoms with van der Waals surface area (Å²) in [6, 6.07) is 4.71. The van der Waals surface area contributed by atoms with Crippen molar-refractivity contribution in [1.29, 1.82) is 0 Å². The molecule has 19 heavy (non-hydrogen) atoms. The van der Waals surface area contributed by atoms with Crippen LogP contribution < -0.4 is 5.73 Å². The third-order valence-corrected chi connectivity index (χ3v) is 2.23. The molecular formula is C15H19ClN2O. The number of rotatable bonds is 4. The van der Waals surface area contributed by atoms with Crippen LogP contribution in [0.15, 0.2) is 48.1 Å². The molecule has 0 spiro atoms. The van der Waals surface area contributed by atoms with Crippen LogP contribution in [0.2, 0.25) is 5.02 Å². The summed E-state index contributed by atoms with van der Waals surface area (Å²) < 4.78 is 0. The monoisotopic (exact) mass is 278 g/mol. The Morgan fingerprint density at radius 2 is 2.00 bits per heavy atom. The summed E-state index contributed by atoms with van der Waals surface area (Å²) in [5, 5.41) is 0.446.